The molecule has 104 valence electrons. The van der Waals surface area contributed by atoms with E-state index >= 15 is 0 Å². The highest BCUT2D eigenvalue weighted by Gasteiger charge is 2.05. The quantitative estimate of drug-likeness (QED) is 0.629. The average molecular weight is 348 g/mol. The number of benzene rings is 1. The van der Waals surface area contributed by atoms with Gasteiger partial charge in [0.1, 0.15) is 5.75 Å². The minimum atomic E-state index is -0.311. The zero-order valence-corrected chi connectivity index (χ0v) is 13.2. The molecule has 6 heteroatoms. The molecule has 0 spiro atoms. The molecule has 4 nitrogen and oxygen atoms in total. The van der Waals surface area contributed by atoms with Gasteiger partial charge in [0.05, 0.1) is 5.02 Å². The fourth-order valence-corrected chi connectivity index (χ4v) is 2.07. The molecule has 0 radical (unpaired) electrons. The van der Waals surface area contributed by atoms with Crippen molar-refractivity contribution >= 4 is 39.1 Å². The van der Waals surface area contributed by atoms with Crippen LogP contribution in [0, 0.1) is 0 Å². The molecule has 0 atom stereocenters. The van der Waals surface area contributed by atoms with Crippen molar-refractivity contribution in [2.75, 3.05) is 6.61 Å². The maximum atomic E-state index is 11.5. The van der Waals surface area contributed by atoms with E-state index in [0.29, 0.717) is 10.8 Å². The highest BCUT2D eigenvalue weighted by molar-refractivity contribution is 9.10. The lowest BCUT2D eigenvalue weighted by Crippen LogP contribution is -2.25. The Bertz CT molecular complexity index is 478. The van der Waals surface area contributed by atoms with Gasteiger partial charge in [-0.3, -0.25) is 4.79 Å². The molecule has 0 unspecified atom stereocenters. The summed E-state index contributed by atoms with van der Waals surface area (Å²) >= 11 is 9.26. The third-order valence-corrected chi connectivity index (χ3v) is 3.02. The number of ether oxygens (including phenoxy) is 1. The lowest BCUT2D eigenvalue weighted by atomic mass is 10.2. The van der Waals surface area contributed by atoms with E-state index in [0.717, 1.165) is 23.0 Å². The second kappa shape index (κ2) is 8.17. The zero-order valence-electron chi connectivity index (χ0n) is 10.9. The average Bonchev–Trinajstić information content (AvgIpc) is 2.35. The molecule has 0 aliphatic rings. The Hall–Kier alpha value is -1.07. The summed E-state index contributed by atoms with van der Waals surface area (Å²) in [6, 6.07) is 5.20. The topological polar surface area (TPSA) is 50.7 Å². The van der Waals surface area contributed by atoms with Gasteiger partial charge >= 0.3 is 0 Å². The molecular formula is C13H16BrClN2O2. The summed E-state index contributed by atoms with van der Waals surface area (Å²) in [5, 5.41) is 4.41. The van der Waals surface area contributed by atoms with E-state index in [-0.39, 0.29) is 12.5 Å². The Morgan fingerprint density at radius 2 is 2.26 bits per heavy atom. The van der Waals surface area contributed by atoms with E-state index in [1.807, 2.05) is 6.92 Å². The first-order chi connectivity index (χ1) is 9.02. The van der Waals surface area contributed by atoms with Gasteiger partial charge in [0.2, 0.25) is 0 Å². The molecular weight excluding hydrogens is 332 g/mol. The van der Waals surface area contributed by atoms with Crippen molar-refractivity contribution in [3.05, 3.63) is 27.7 Å². The van der Waals surface area contributed by atoms with E-state index in [1.54, 1.807) is 18.2 Å². The number of hydrogen-bond acceptors (Lipinski definition) is 3. The van der Waals surface area contributed by atoms with Gasteiger partial charge in [-0.1, -0.05) is 40.9 Å². The first-order valence-corrected chi connectivity index (χ1v) is 7.10. The Labute approximate surface area is 126 Å². The number of amides is 1. The Morgan fingerprint density at radius 1 is 1.53 bits per heavy atom. The number of carbonyl (C=O) groups is 1. The molecule has 0 saturated carbocycles. The SMILES string of the molecule is CCC/C(C)=N/NC(=O)COc1ccc(Br)cc1Cl. The van der Waals surface area contributed by atoms with Crippen molar-refractivity contribution in [2.24, 2.45) is 5.10 Å². The number of hydrogen-bond donors (Lipinski definition) is 1. The molecule has 1 N–H and O–H groups in total. The summed E-state index contributed by atoms with van der Waals surface area (Å²) < 4.78 is 6.17. The summed E-state index contributed by atoms with van der Waals surface area (Å²) in [5.41, 5.74) is 3.33. The molecule has 0 heterocycles. The van der Waals surface area contributed by atoms with Crippen LogP contribution in [0.1, 0.15) is 26.7 Å². The predicted octanol–water partition coefficient (Wildman–Crippen LogP) is 3.77. The summed E-state index contributed by atoms with van der Waals surface area (Å²) in [4.78, 5) is 11.5. The van der Waals surface area contributed by atoms with Gasteiger partial charge in [-0.05, 0) is 31.5 Å². The van der Waals surface area contributed by atoms with Crippen LogP contribution in [0.3, 0.4) is 0 Å². The first-order valence-electron chi connectivity index (χ1n) is 5.92. The predicted molar refractivity (Wildman–Crippen MR) is 80.8 cm³/mol. The number of rotatable bonds is 6. The van der Waals surface area contributed by atoms with Crippen LogP contribution < -0.4 is 10.2 Å². The molecule has 0 saturated heterocycles. The Balaban J connectivity index is 2.44. The number of carbonyl (C=O) groups excluding carboxylic acids is 1. The molecule has 1 aromatic rings. The van der Waals surface area contributed by atoms with Gasteiger partial charge in [0.15, 0.2) is 6.61 Å². The molecule has 19 heavy (non-hydrogen) atoms. The highest BCUT2D eigenvalue weighted by Crippen LogP contribution is 2.27. The largest absolute Gasteiger partial charge is 0.482 e. The highest BCUT2D eigenvalue weighted by atomic mass is 79.9. The lowest BCUT2D eigenvalue weighted by molar-refractivity contribution is -0.123. The van der Waals surface area contributed by atoms with E-state index in [9.17, 15) is 4.79 Å². The fourth-order valence-electron chi connectivity index (χ4n) is 1.34. The molecule has 1 amide bonds. The second-order valence-electron chi connectivity index (χ2n) is 4.00. The molecule has 1 rings (SSSR count). The van der Waals surface area contributed by atoms with Crippen molar-refractivity contribution in [1.82, 2.24) is 5.43 Å². The summed E-state index contributed by atoms with van der Waals surface area (Å²) in [5.74, 6) is 0.156. The summed E-state index contributed by atoms with van der Waals surface area (Å²) in [7, 11) is 0. The van der Waals surface area contributed by atoms with E-state index in [2.05, 4.69) is 33.4 Å². The smallest absolute Gasteiger partial charge is 0.277 e. The summed E-state index contributed by atoms with van der Waals surface area (Å²) in [6.45, 7) is 3.81. The van der Waals surface area contributed by atoms with E-state index in [4.69, 9.17) is 16.3 Å². The Kier molecular flexibility index (Phi) is 6.87. The van der Waals surface area contributed by atoms with Crippen LogP contribution in [0.4, 0.5) is 0 Å². The van der Waals surface area contributed by atoms with Crippen LogP contribution in [0.2, 0.25) is 5.02 Å². The molecule has 0 aromatic heterocycles. The molecule has 1 aromatic carbocycles. The van der Waals surface area contributed by atoms with E-state index in [1.165, 1.54) is 0 Å². The minimum Gasteiger partial charge on any atom is -0.482 e. The maximum Gasteiger partial charge on any atom is 0.277 e. The van der Waals surface area contributed by atoms with Gasteiger partial charge in [-0.2, -0.15) is 5.10 Å². The van der Waals surface area contributed by atoms with Crippen molar-refractivity contribution < 1.29 is 9.53 Å². The molecule has 0 aliphatic carbocycles. The summed E-state index contributed by atoms with van der Waals surface area (Å²) in [6.07, 6.45) is 1.86. The molecule has 0 bridgehead atoms. The van der Waals surface area contributed by atoms with Crippen LogP contribution in [0.5, 0.6) is 5.75 Å². The lowest BCUT2D eigenvalue weighted by Gasteiger charge is -2.07. The van der Waals surface area contributed by atoms with Crippen LogP contribution in [-0.2, 0) is 4.79 Å². The zero-order chi connectivity index (χ0) is 14.3. The van der Waals surface area contributed by atoms with Crippen LogP contribution in [0.15, 0.2) is 27.8 Å². The number of halogens is 2. The van der Waals surface area contributed by atoms with Gasteiger partial charge in [-0.15, -0.1) is 0 Å². The van der Waals surface area contributed by atoms with Crippen LogP contribution >= 0.6 is 27.5 Å². The standard InChI is InChI=1S/C13H16BrClN2O2/c1-3-4-9(2)16-17-13(18)8-19-12-6-5-10(14)7-11(12)15/h5-7H,3-4,8H2,1-2H3,(H,17,18)/b16-9+. The van der Waals surface area contributed by atoms with Crippen molar-refractivity contribution in [3.63, 3.8) is 0 Å². The maximum absolute atomic E-state index is 11.5. The third kappa shape index (κ3) is 6.07. The Morgan fingerprint density at radius 3 is 2.89 bits per heavy atom. The third-order valence-electron chi connectivity index (χ3n) is 2.24. The van der Waals surface area contributed by atoms with Crippen LogP contribution in [0.25, 0.3) is 0 Å². The van der Waals surface area contributed by atoms with Gasteiger partial charge in [0.25, 0.3) is 5.91 Å². The number of hydrazone groups is 1. The van der Waals surface area contributed by atoms with E-state index < -0.39 is 0 Å². The van der Waals surface area contributed by atoms with Gasteiger partial charge < -0.3 is 4.74 Å². The second-order valence-corrected chi connectivity index (χ2v) is 5.32. The van der Waals surface area contributed by atoms with Crippen molar-refractivity contribution in [3.8, 4) is 5.75 Å². The number of nitrogens with zero attached hydrogens (tertiary/aromatic N) is 1. The number of nitrogens with one attached hydrogen (secondary N) is 1. The minimum absolute atomic E-state index is 0.121. The van der Waals surface area contributed by atoms with Gasteiger partial charge in [-0.25, -0.2) is 5.43 Å². The van der Waals surface area contributed by atoms with Crippen LogP contribution in [-0.4, -0.2) is 18.2 Å². The van der Waals surface area contributed by atoms with Crippen molar-refractivity contribution in [1.29, 1.82) is 0 Å². The van der Waals surface area contributed by atoms with Gasteiger partial charge in [0, 0.05) is 10.2 Å². The monoisotopic (exact) mass is 346 g/mol. The fraction of sp³-hybridized carbons (Fsp3) is 0.385. The molecule has 0 aliphatic heterocycles. The molecule has 0 fully saturated rings. The first kappa shape index (κ1) is 16.0. The van der Waals surface area contributed by atoms with Crippen molar-refractivity contribution in [2.45, 2.75) is 26.7 Å². The normalized spacial score (nSPS) is 11.3.